The second-order valence-electron chi connectivity index (χ2n) is 4.51. The molecule has 2 aromatic rings. The van der Waals surface area contributed by atoms with E-state index in [2.05, 4.69) is 10.5 Å². The summed E-state index contributed by atoms with van der Waals surface area (Å²) in [6.07, 6.45) is 0. The van der Waals surface area contributed by atoms with Crippen molar-refractivity contribution in [2.75, 3.05) is 5.32 Å². The molecule has 21 heavy (non-hydrogen) atoms. The van der Waals surface area contributed by atoms with E-state index in [1.807, 2.05) is 0 Å². The van der Waals surface area contributed by atoms with Crippen LogP contribution in [0.3, 0.4) is 0 Å². The van der Waals surface area contributed by atoms with Crippen LogP contribution in [0.2, 0.25) is 0 Å². The van der Waals surface area contributed by atoms with E-state index in [0.717, 1.165) is 6.07 Å². The summed E-state index contributed by atoms with van der Waals surface area (Å²) >= 11 is 0. The fourth-order valence-electron chi connectivity index (χ4n) is 1.88. The smallest absolute Gasteiger partial charge is 0.336 e. The molecular formula is C13H13N3O5. The number of hydrogen-bond donors (Lipinski definition) is 2. The van der Waals surface area contributed by atoms with E-state index in [9.17, 15) is 14.9 Å². The number of rotatable bonds is 5. The molecule has 2 N–H and O–H groups in total. The average molecular weight is 291 g/mol. The molecule has 0 bridgehead atoms. The maximum absolute atomic E-state index is 11.0. The number of carboxylic acid groups (broad SMARTS) is 1. The molecule has 8 heteroatoms. The molecule has 0 aliphatic carbocycles. The Hall–Kier alpha value is -2.90. The van der Waals surface area contributed by atoms with Gasteiger partial charge in [-0.1, -0.05) is 5.16 Å². The second-order valence-corrected chi connectivity index (χ2v) is 4.51. The first kappa shape index (κ1) is 14.5. The first-order valence-corrected chi connectivity index (χ1v) is 6.07. The number of carbonyl (C=O) groups is 1. The molecule has 0 atom stereocenters. The van der Waals surface area contributed by atoms with E-state index >= 15 is 0 Å². The van der Waals surface area contributed by atoms with Crippen LogP contribution >= 0.6 is 0 Å². The lowest BCUT2D eigenvalue weighted by atomic mass is 10.1. The topological polar surface area (TPSA) is 118 Å². The zero-order valence-corrected chi connectivity index (χ0v) is 11.4. The Bertz CT molecular complexity index is 708. The van der Waals surface area contributed by atoms with Crippen LogP contribution in [-0.2, 0) is 6.54 Å². The highest BCUT2D eigenvalue weighted by Crippen LogP contribution is 2.28. The average Bonchev–Trinajstić information content (AvgIpc) is 2.82. The summed E-state index contributed by atoms with van der Waals surface area (Å²) in [6.45, 7) is 3.58. The van der Waals surface area contributed by atoms with Crippen LogP contribution in [0.1, 0.15) is 27.4 Å². The maximum Gasteiger partial charge on any atom is 0.336 e. The number of nitrogens with zero attached hydrogens (tertiary/aromatic N) is 2. The van der Waals surface area contributed by atoms with Crippen LogP contribution in [0.5, 0.6) is 0 Å². The predicted octanol–water partition coefficient (Wildman–Crippen LogP) is 2.51. The molecule has 0 fully saturated rings. The molecule has 110 valence electrons. The molecule has 0 radical (unpaired) electrons. The van der Waals surface area contributed by atoms with Gasteiger partial charge in [0.1, 0.15) is 11.5 Å². The molecule has 1 heterocycles. The molecule has 1 aromatic carbocycles. The van der Waals surface area contributed by atoms with Gasteiger partial charge >= 0.3 is 5.97 Å². The number of aromatic carboxylic acids is 1. The van der Waals surface area contributed by atoms with Gasteiger partial charge in [0.15, 0.2) is 0 Å². The van der Waals surface area contributed by atoms with Crippen molar-refractivity contribution in [1.29, 1.82) is 0 Å². The van der Waals surface area contributed by atoms with Crippen molar-refractivity contribution in [1.82, 2.24) is 5.16 Å². The summed E-state index contributed by atoms with van der Waals surface area (Å²) in [5, 5.41) is 26.7. The largest absolute Gasteiger partial charge is 0.478 e. The molecule has 1 aromatic heterocycles. The highest BCUT2D eigenvalue weighted by molar-refractivity contribution is 5.90. The normalized spacial score (nSPS) is 10.4. The van der Waals surface area contributed by atoms with Crippen molar-refractivity contribution >= 4 is 17.3 Å². The van der Waals surface area contributed by atoms with Crippen molar-refractivity contribution in [3.8, 4) is 0 Å². The van der Waals surface area contributed by atoms with Crippen molar-refractivity contribution < 1.29 is 19.3 Å². The Kier molecular flexibility index (Phi) is 3.88. The number of nitrogens with one attached hydrogen (secondary N) is 1. The van der Waals surface area contributed by atoms with Crippen molar-refractivity contribution in [2.45, 2.75) is 20.4 Å². The summed E-state index contributed by atoms with van der Waals surface area (Å²) in [6, 6.07) is 4.12. The zero-order chi connectivity index (χ0) is 15.6. The van der Waals surface area contributed by atoms with Crippen LogP contribution in [0.25, 0.3) is 0 Å². The molecular weight excluding hydrogens is 278 g/mol. The minimum atomic E-state index is -1.22. The Labute approximate surface area is 119 Å². The highest BCUT2D eigenvalue weighted by Gasteiger charge is 2.19. The van der Waals surface area contributed by atoms with Gasteiger partial charge in [0.25, 0.3) is 5.69 Å². The number of nitro benzene ring substituents is 1. The lowest BCUT2D eigenvalue weighted by Crippen LogP contribution is -2.06. The van der Waals surface area contributed by atoms with Gasteiger partial charge in [0.05, 0.1) is 17.0 Å². The third-order valence-corrected chi connectivity index (χ3v) is 2.96. The molecule has 8 nitrogen and oxygen atoms in total. The first-order chi connectivity index (χ1) is 9.88. The van der Waals surface area contributed by atoms with E-state index in [1.54, 1.807) is 19.9 Å². The van der Waals surface area contributed by atoms with E-state index in [4.69, 9.17) is 9.63 Å². The fourth-order valence-corrected chi connectivity index (χ4v) is 1.88. The minimum absolute atomic E-state index is 0.147. The van der Waals surface area contributed by atoms with Crippen LogP contribution in [0, 0.1) is 24.0 Å². The SMILES string of the molecule is Cc1cc(CNc2cc(C(=O)O)cc([N+](=O)[O-])c2C)no1. The Balaban J connectivity index is 2.32. The highest BCUT2D eigenvalue weighted by atomic mass is 16.6. The Morgan fingerprint density at radius 1 is 1.43 bits per heavy atom. The molecule has 0 saturated heterocycles. The van der Waals surface area contributed by atoms with Gasteiger partial charge in [0, 0.05) is 23.4 Å². The molecule has 0 spiro atoms. The molecule has 0 aliphatic rings. The Morgan fingerprint density at radius 3 is 2.67 bits per heavy atom. The molecule has 0 saturated carbocycles. The fraction of sp³-hybridized carbons (Fsp3) is 0.231. The summed E-state index contributed by atoms with van der Waals surface area (Å²) in [7, 11) is 0. The zero-order valence-electron chi connectivity index (χ0n) is 11.4. The van der Waals surface area contributed by atoms with Gasteiger partial charge in [0.2, 0.25) is 0 Å². The number of carboxylic acids is 1. The molecule has 2 rings (SSSR count). The van der Waals surface area contributed by atoms with E-state index in [1.165, 1.54) is 6.07 Å². The summed E-state index contributed by atoms with van der Waals surface area (Å²) in [4.78, 5) is 21.4. The molecule has 0 unspecified atom stereocenters. The number of benzene rings is 1. The van der Waals surface area contributed by atoms with E-state index in [-0.39, 0.29) is 17.8 Å². The third kappa shape index (κ3) is 3.16. The van der Waals surface area contributed by atoms with Crippen molar-refractivity contribution in [3.63, 3.8) is 0 Å². The van der Waals surface area contributed by atoms with Crippen LogP contribution in [-0.4, -0.2) is 21.2 Å². The van der Waals surface area contributed by atoms with Crippen LogP contribution in [0.15, 0.2) is 22.7 Å². The predicted molar refractivity (Wildman–Crippen MR) is 73.4 cm³/mol. The lowest BCUT2D eigenvalue weighted by Gasteiger charge is -2.09. The van der Waals surface area contributed by atoms with Gasteiger partial charge in [-0.2, -0.15) is 0 Å². The minimum Gasteiger partial charge on any atom is -0.478 e. The number of anilines is 1. The van der Waals surface area contributed by atoms with Gasteiger partial charge in [-0.15, -0.1) is 0 Å². The number of nitro groups is 1. The van der Waals surface area contributed by atoms with Crippen molar-refractivity contribution in [3.05, 3.63) is 50.9 Å². The standard InChI is InChI=1S/C13H13N3O5/c1-7-3-10(15-21-7)6-14-11-4-9(13(17)18)5-12(8(11)2)16(19)20/h3-5,14H,6H2,1-2H3,(H,17,18). The van der Waals surface area contributed by atoms with Gasteiger partial charge < -0.3 is 14.9 Å². The lowest BCUT2D eigenvalue weighted by molar-refractivity contribution is -0.385. The third-order valence-electron chi connectivity index (χ3n) is 2.96. The Morgan fingerprint density at radius 2 is 2.14 bits per heavy atom. The summed E-state index contributed by atoms with van der Waals surface area (Å²) in [5.74, 6) is -0.577. The van der Waals surface area contributed by atoms with E-state index < -0.39 is 10.9 Å². The summed E-state index contributed by atoms with van der Waals surface area (Å²) in [5.41, 5.74) is 0.975. The number of aryl methyl sites for hydroxylation is 1. The maximum atomic E-state index is 11.0. The molecule has 0 amide bonds. The van der Waals surface area contributed by atoms with E-state index in [0.29, 0.717) is 22.7 Å². The number of hydrogen-bond acceptors (Lipinski definition) is 6. The second kappa shape index (κ2) is 5.61. The van der Waals surface area contributed by atoms with Gasteiger partial charge in [-0.3, -0.25) is 10.1 Å². The van der Waals surface area contributed by atoms with Gasteiger partial charge in [-0.25, -0.2) is 4.79 Å². The first-order valence-electron chi connectivity index (χ1n) is 6.07. The van der Waals surface area contributed by atoms with Gasteiger partial charge in [-0.05, 0) is 19.9 Å². The quantitative estimate of drug-likeness (QED) is 0.641. The van der Waals surface area contributed by atoms with Crippen LogP contribution < -0.4 is 5.32 Å². The summed E-state index contributed by atoms with van der Waals surface area (Å²) < 4.78 is 4.91. The monoisotopic (exact) mass is 291 g/mol. The van der Waals surface area contributed by atoms with Crippen molar-refractivity contribution in [2.24, 2.45) is 0 Å². The number of aromatic nitrogens is 1. The molecule has 0 aliphatic heterocycles. The van der Waals surface area contributed by atoms with Crippen LogP contribution in [0.4, 0.5) is 11.4 Å².